The lowest BCUT2D eigenvalue weighted by molar-refractivity contribution is 0.0594. The van der Waals surface area contributed by atoms with Crippen LogP contribution in [0.15, 0.2) is 12.1 Å². The summed E-state index contributed by atoms with van der Waals surface area (Å²) in [6, 6.07) is 3.48. The first-order chi connectivity index (χ1) is 9.13. The number of nitrogens with two attached hydrogens (primary N) is 1. The van der Waals surface area contributed by atoms with Crippen molar-refractivity contribution in [1.29, 1.82) is 0 Å². The van der Waals surface area contributed by atoms with Gasteiger partial charge in [0.15, 0.2) is 5.69 Å². The molecule has 1 aliphatic rings. The van der Waals surface area contributed by atoms with E-state index in [-0.39, 0.29) is 17.8 Å². The summed E-state index contributed by atoms with van der Waals surface area (Å²) in [6.45, 7) is 0. The number of carbonyl (C=O) groups is 1. The van der Waals surface area contributed by atoms with E-state index < -0.39 is 5.97 Å². The van der Waals surface area contributed by atoms with Crippen LogP contribution >= 0.6 is 0 Å². The Hall–Kier alpha value is -1.82. The first-order valence-corrected chi connectivity index (χ1v) is 6.28. The summed E-state index contributed by atoms with van der Waals surface area (Å²) >= 11 is 0. The first-order valence-electron chi connectivity index (χ1n) is 6.28. The number of carbonyl (C=O) groups excluding carboxylic acids is 1. The second-order valence-corrected chi connectivity index (χ2v) is 4.64. The molecular formula is C13H19N3O3. The van der Waals surface area contributed by atoms with Crippen molar-refractivity contribution >= 4 is 17.5 Å². The SMILES string of the molecule is COC(=O)c1ccc(N)c(NC2CCC(OC)C2)n1. The fourth-order valence-corrected chi connectivity index (χ4v) is 2.28. The summed E-state index contributed by atoms with van der Waals surface area (Å²) in [4.78, 5) is 15.6. The molecule has 1 aromatic rings. The minimum atomic E-state index is -0.468. The van der Waals surface area contributed by atoms with Crippen LogP contribution in [0.4, 0.5) is 11.5 Å². The van der Waals surface area contributed by atoms with Crippen LogP contribution in [0.25, 0.3) is 0 Å². The molecule has 0 aromatic carbocycles. The topological polar surface area (TPSA) is 86.5 Å². The van der Waals surface area contributed by atoms with Gasteiger partial charge in [-0.1, -0.05) is 0 Å². The number of anilines is 2. The summed E-state index contributed by atoms with van der Waals surface area (Å²) in [7, 11) is 3.05. The van der Waals surface area contributed by atoms with Gasteiger partial charge >= 0.3 is 5.97 Å². The maximum Gasteiger partial charge on any atom is 0.356 e. The molecule has 6 heteroatoms. The molecule has 1 saturated carbocycles. The summed E-state index contributed by atoms with van der Waals surface area (Å²) < 4.78 is 9.97. The Balaban J connectivity index is 2.09. The molecule has 1 fully saturated rings. The van der Waals surface area contributed by atoms with Crippen LogP contribution in [0, 0.1) is 0 Å². The molecule has 0 amide bonds. The maximum absolute atomic E-state index is 11.4. The van der Waals surface area contributed by atoms with E-state index in [0.29, 0.717) is 11.5 Å². The standard InChI is InChI=1S/C13H19N3O3/c1-18-9-4-3-8(7-9)15-12-10(14)5-6-11(16-12)13(17)19-2/h5-6,8-9H,3-4,7,14H2,1-2H3,(H,15,16). The Morgan fingerprint density at radius 2 is 2.21 bits per heavy atom. The van der Waals surface area contributed by atoms with Gasteiger partial charge in [-0.25, -0.2) is 9.78 Å². The lowest BCUT2D eigenvalue weighted by Crippen LogP contribution is -2.20. The quantitative estimate of drug-likeness (QED) is 0.801. The van der Waals surface area contributed by atoms with E-state index in [4.69, 9.17) is 10.5 Å². The number of methoxy groups -OCH3 is 2. The number of nitrogens with one attached hydrogen (secondary N) is 1. The third-order valence-corrected chi connectivity index (χ3v) is 3.38. The van der Waals surface area contributed by atoms with Gasteiger partial charge in [0, 0.05) is 13.2 Å². The minimum Gasteiger partial charge on any atom is -0.464 e. The molecule has 1 aromatic heterocycles. The lowest BCUT2D eigenvalue weighted by atomic mass is 10.2. The van der Waals surface area contributed by atoms with Crippen molar-refractivity contribution in [2.24, 2.45) is 0 Å². The van der Waals surface area contributed by atoms with Gasteiger partial charge in [-0.2, -0.15) is 0 Å². The molecule has 19 heavy (non-hydrogen) atoms. The van der Waals surface area contributed by atoms with Crippen LogP contribution in [-0.4, -0.2) is 37.3 Å². The van der Waals surface area contributed by atoms with E-state index in [9.17, 15) is 4.79 Å². The summed E-state index contributed by atoms with van der Waals surface area (Å²) in [5.74, 6) is 0.0638. The average Bonchev–Trinajstić information content (AvgIpc) is 2.88. The van der Waals surface area contributed by atoms with E-state index in [2.05, 4.69) is 15.0 Å². The fourth-order valence-electron chi connectivity index (χ4n) is 2.28. The first kappa shape index (κ1) is 13.6. The van der Waals surface area contributed by atoms with Crippen molar-refractivity contribution in [3.63, 3.8) is 0 Å². The number of hydrogen-bond acceptors (Lipinski definition) is 6. The predicted molar refractivity (Wildman–Crippen MR) is 72.0 cm³/mol. The predicted octanol–water partition coefficient (Wildman–Crippen LogP) is 1.43. The number of nitrogens with zero attached hydrogens (tertiary/aromatic N) is 1. The molecule has 1 aliphatic carbocycles. The molecule has 2 rings (SSSR count). The highest BCUT2D eigenvalue weighted by Crippen LogP contribution is 2.26. The number of pyridine rings is 1. The van der Waals surface area contributed by atoms with Crippen molar-refractivity contribution in [2.75, 3.05) is 25.3 Å². The summed E-state index contributed by atoms with van der Waals surface area (Å²) in [6.07, 6.45) is 3.22. The van der Waals surface area contributed by atoms with Crippen LogP contribution in [0.5, 0.6) is 0 Å². The second-order valence-electron chi connectivity index (χ2n) is 4.64. The van der Waals surface area contributed by atoms with Crippen LogP contribution in [0.3, 0.4) is 0 Å². The number of aromatic nitrogens is 1. The van der Waals surface area contributed by atoms with Crippen molar-refractivity contribution in [1.82, 2.24) is 4.98 Å². The number of ether oxygens (including phenoxy) is 2. The third-order valence-electron chi connectivity index (χ3n) is 3.38. The monoisotopic (exact) mass is 265 g/mol. The van der Waals surface area contributed by atoms with E-state index in [1.54, 1.807) is 19.2 Å². The van der Waals surface area contributed by atoms with Gasteiger partial charge in [0.25, 0.3) is 0 Å². The van der Waals surface area contributed by atoms with Crippen molar-refractivity contribution < 1.29 is 14.3 Å². The Morgan fingerprint density at radius 3 is 2.84 bits per heavy atom. The van der Waals surface area contributed by atoms with Crippen molar-refractivity contribution in [3.8, 4) is 0 Å². The van der Waals surface area contributed by atoms with E-state index in [1.165, 1.54) is 7.11 Å². The highest BCUT2D eigenvalue weighted by Gasteiger charge is 2.25. The molecule has 0 radical (unpaired) electrons. The van der Waals surface area contributed by atoms with E-state index >= 15 is 0 Å². The zero-order valence-electron chi connectivity index (χ0n) is 11.2. The fraction of sp³-hybridized carbons (Fsp3) is 0.538. The Morgan fingerprint density at radius 1 is 1.42 bits per heavy atom. The van der Waals surface area contributed by atoms with Gasteiger partial charge in [-0.3, -0.25) is 0 Å². The minimum absolute atomic E-state index is 0.250. The second kappa shape index (κ2) is 5.88. The van der Waals surface area contributed by atoms with Crippen LogP contribution in [-0.2, 0) is 9.47 Å². The van der Waals surface area contributed by atoms with E-state index in [1.807, 2.05) is 0 Å². The Kier molecular flexibility index (Phi) is 4.21. The zero-order chi connectivity index (χ0) is 13.8. The summed E-state index contributed by atoms with van der Waals surface area (Å²) in [5.41, 5.74) is 6.64. The largest absolute Gasteiger partial charge is 0.464 e. The highest BCUT2D eigenvalue weighted by molar-refractivity contribution is 5.88. The third kappa shape index (κ3) is 3.14. The zero-order valence-corrected chi connectivity index (χ0v) is 11.2. The smallest absolute Gasteiger partial charge is 0.356 e. The molecular weight excluding hydrogens is 246 g/mol. The Labute approximate surface area is 112 Å². The van der Waals surface area contributed by atoms with Gasteiger partial charge in [-0.15, -0.1) is 0 Å². The van der Waals surface area contributed by atoms with Crippen LogP contribution < -0.4 is 11.1 Å². The highest BCUT2D eigenvalue weighted by atomic mass is 16.5. The van der Waals surface area contributed by atoms with Gasteiger partial charge in [0.05, 0.1) is 18.9 Å². The molecule has 1 heterocycles. The van der Waals surface area contributed by atoms with Gasteiger partial charge in [0.2, 0.25) is 0 Å². The molecule has 0 spiro atoms. The maximum atomic E-state index is 11.4. The van der Waals surface area contributed by atoms with Crippen LogP contribution in [0.1, 0.15) is 29.8 Å². The van der Waals surface area contributed by atoms with Gasteiger partial charge in [0.1, 0.15) is 5.82 Å². The van der Waals surface area contributed by atoms with Crippen molar-refractivity contribution in [2.45, 2.75) is 31.4 Å². The Bertz CT molecular complexity index is 464. The molecule has 2 unspecified atom stereocenters. The van der Waals surface area contributed by atoms with Crippen molar-refractivity contribution in [3.05, 3.63) is 17.8 Å². The number of rotatable bonds is 4. The number of hydrogen-bond donors (Lipinski definition) is 2. The van der Waals surface area contributed by atoms with E-state index in [0.717, 1.165) is 19.3 Å². The number of esters is 1. The lowest BCUT2D eigenvalue weighted by Gasteiger charge is -2.15. The molecule has 3 N–H and O–H groups in total. The van der Waals surface area contributed by atoms with Gasteiger partial charge in [-0.05, 0) is 31.4 Å². The molecule has 0 bridgehead atoms. The molecule has 0 aliphatic heterocycles. The molecule has 6 nitrogen and oxygen atoms in total. The normalized spacial score (nSPS) is 22.2. The average molecular weight is 265 g/mol. The molecule has 104 valence electrons. The summed E-state index contributed by atoms with van der Waals surface area (Å²) in [5, 5.41) is 3.27. The van der Waals surface area contributed by atoms with Crippen LogP contribution in [0.2, 0.25) is 0 Å². The molecule has 2 atom stereocenters. The van der Waals surface area contributed by atoms with Gasteiger partial charge < -0.3 is 20.5 Å². The number of nitrogen functional groups attached to an aromatic ring is 1. The molecule has 0 saturated heterocycles.